The fourth-order valence-corrected chi connectivity index (χ4v) is 4.00. The normalized spacial score (nSPS) is 12.2. The lowest BCUT2D eigenvalue weighted by Crippen LogP contribution is -2.28. The third kappa shape index (κ3) is 4.83. The molecule has 4 nitrogen and oxygen atoms in total. The predicted molar refractivity (Wildman–Crippen MR) is 107 cm³/mol. The molecule has 1 heterocycles. The van der Waals surface area contributed by atoms with Crippen LogP contribution in [0.3, 0.4) is 0 Å². The number of nitrogens with zero attached hydrogens (tertiary/aromatic N) is 2. The highest BCUT2D eigenvalue weighted by molar-refractivity contribution is 9.10. The molecule has 0 saturated carbocycles. The van der Waals surface area contributed by atoms with Crippen molar-refractivity contribution >= 4 is 33.7 Å². The quantitative estimate of drug-likeness (QED) is 0.470. The number of benzene rings is 2. The molecule has 30 heavy (non-hydrogen) atoms. The van der Waals surface area contributed by atoms with Crippen molar-refractivity contribution in [3.8, 4) is 17.3 Å². The summed E-state index contributed by atoms with van der Waals surface area (Å²) in [5.74, 6) is -1.50. The lowest BCUT2D eigenvalue weighted by molar-refractivity contribution is -0.305. The van der Waals surface area contributed by atoms with Crippen LogP contribution in [0.25, 0.3) is 11.3 Å². The molecule has 2 aromatic carbocycles. The highest BCUT2D eigenvalue weighted by atomic mass is 79.9. The standard InChI is InChI=1S/C21H12BrF3N2O2S/c22-14-8-6-12(7-9-14)17-10-16(21(23,24)25)15(11-26)19(27-17)30-18(20(28)29)13-4-2-1-3-5-13/h1-10,18H,(H,28,29)/p-1. The average molecular weight is 492 g/mol. The van der Waals surface area contributed by atoms with Gasteiger partial charge in [0.05, 0.1) is 28.0 Å². The van der Waals surface area contributed by atoms with E-state index in [0.29, 0.717) is 22.9 Å². The number of rotatable bonds is 5. The highest BCUT2D eigenvalue weighted by Crippen LogP contribution is 2.42. The van der Waals surface area contributed by atoms with Crippen molar-refractivity contribution in [1.29, 1.82) is 5.26 Å². The molecule has 1 aromatic heterocycles. The summed E-state index contributed by atoms with van der Waals surface area (Å²) in [4.78, 5) is 15.9. The summed E-state index contributed by atoms with van der Waals surface area (Å²) >= 11 is 3.79. The van der Waals surface area contributed by atoms with Gasteiger partial charge in [0.25, 0.3) is 0 Å². The Hall–Kier alpha value is -2.83. The number of carboxylic acid groups (broad SMARTS) is 1. The first-order valence-corrected chi connectivity index (χ1v) is 10.1. The van der Waals surface area contributed by atoms with Gasteiger partial charge in [-0.1, -0.05) is 70.2 Å². The first-order valence-electron chi connectivity index (χ1n) is 8.41. The third-order valence-corrected chi connectivity index (χ3v) is 5.84. The zero-order valence-electron chi connectivity index (χ0n) is 15.0. The number of nitriles is 1. The van der Waals surface area contributed by atoms with Gasteiger partial charge in [0.1, 0.15) is 11.1 Å². The van der Waals surface area contributed by atoms with E-state index in [2.05, 4.69) is 20.9 Å². The number of carbonyl (C=O) groups is 1. The Morgan fingerprint density at radius 2 is 1.77 bits per heavy atom. The van der Waals surface area contributed by atoms with Gasteiger partial charge in [0, 0.05) is 10.0 Å². The maximum atomic E-state index is 13.7. The monoisotopic (exact) mass is 491 g/mol. The highest BCUT2D eigenvalue weighted by Gasteiger charge is 2.36. The number of hydrogen-bond donors (Lipinski definition) is 0. The molecule has 0 fully saturated rings. The van der Waals surface area contributed by atoms with Crippen molar-refractivity contribution < 1.29 is 23.1 Å². The second-order valence-electron chi connectivity index (χ2n) is 6.08. The van der Waals surface area contributed by atoms with Crippen molar-refractivity contribution in [2.45, 2.75) is 16.5 Å². The van der Waals surface area contributed by atoms with Gasteiger partial charge in [-0.25, -0.2) is 4.98 Å². The maximum Gasteiger partial charge on any atom is 0.417 e. The van der Waals surface area contributed by atoms with Crippen molar-refractivity contribution in [1.82, 2.24) is 4.98 Å². The Morgan fingerprint density at radius 1 is 1.13 bits per heavy atom. The molecule has 0 radical (unpaired) electrons. The van der Waals surface area contributed by atoms with E-state index in [4.69, 9.17) is 0 Å². The van der Waals surface area contributed by atoms with Crippen LogP contribution in [0.4, 0.5) is 13.2 Å². The van der Waals surface area contributed by atoms with E-state index in [1.54, 1.807) is 42.5 Å². The molecule has 0 spiro atoms. The molecule has 152 valence electrons. The number of hydrogen-bond acceptors (Lipinski definition) is 5. The number of aromatic nitrogens is 1. The number of carboxylic acids is 1. The Labute approximate surface area is 182 Å². The summed E-state index contributed by atoms with van der Waals surface area (Å²) in [5.41, 5.74) is -1.22. The molecule has 0 N–H and O–H groups in total. The predicted octanol–water partition coefficient (Wildman–Crippen LogP) is 4.98. The molecule has 0 amide bonds. The lowest BCUT2D eigenvalue weighted by atomic mass is 10.1. The summed E-state index contributed by atoms with van der Waals surface area (Å²) in [6.45, 7) is 0. The Kier molecular flexibility index (Phi) is 6.48. The van der Waals surface area contributed by atoms with Crippen LogP contribution in [0, 0.1) is 11.3 Å². The Morgan fingerprint density at radius 3 is 2.30 bits per heavy atom. The molecule has 9 heteroatoms. The van der Waals surface area contributed by atoms with Crippen LogP contribution in [0.2, 0.25) is 0 Å². The molecule has 1 unspecified atom stereocenters. The minimum atomic E-state index is -4.82. The second kappa shape index (κ2) is 8.90. The summed E-state index contributed by atoms with van der Waals surface area (Å²) in [5, 5.41) is 19.4. The second-order valence-corrected chi connectivity index (χ2v) is 8.09. The van der Waals surface area contributed by atoms with E-state index in [1.807, 2.05) is 0 Å². The van der Waals surface area contributed by atoms with Crippen molar-refractivity contribution in [3.63, 3.8) is 0 Å². The van der Waals surface area contributed by atoms with E-state index in [9.17, 15) is 28.3 Å². The van der Waals surface area contributed by atoms with E-state index >= 15 is 0 Å². The van der Waals surface area contributed by atoms with E-state index in [1.165, 1.54) is 18.2 Å². The van der Waals surface area contributed by atoms with Crippen LogP contribution in [0.1, 0.15) is 21.9 Å². The maximum absolute atomic E-state index is 13.7. The molecule has 3 aromatic rings. The van der Waals surface area contributed by atoms with Crippen molar-refractivity contribution in [2.24, 2.45) is 0 Å². The van der Waals surface area contributed by atoms with Crippen molar-refractivity contribution in [3.05, 3.63) is 81.8 Å². The minimum absolute atomic E-state index is 0.0264. The van der Waals surface area contributed by atoms with E-state index < -0.39 is 28.5 Å². The average Bonchev–Trinajstić information content (AvgIpc) is 2.71. The number of pyridine rings is 1. The van der Waals surface area contributed by atoms with Gasteiger partial charge >= 0.3 is 6.18 Å². The van der Waals surface area contributed by atoms with Gasteiger partial charge in [-0.15, -0.1) is 0 Å². The molecule has 0 saturated heterocycles. The number of halogens is 4. The first kappa shape index (κ1) is 21.9. The zero-order chi connectivity index (χ0) is 21.9. The summed E-state index contributed by atoms with van der Waals surface area (Å²) in [6, 6.07) is 16.7. The van der Waals surface area contributed by atoms with Crippen LogP contribution in [-0.4, -0.2) is 11.0 Å². The molecule has 0 aliphatic heterocycles. The van der Waals surface area contributed by atoms with Gasteiger partial charge in [-0.3, -0.25) is 0 Å². The van der Waals surface area contributed by atoms with Crippen LogP contribution < -0.4 is 5.11 Å². The zero-order valence-corrected chi connectivity index (χ0v) is 17.4. The fourth-order valence-electron chi connectivity index (χ4n) is 2.70. The Bertz CT molecular complexity index is 1110. The molecule has 0 bridgehead atoms. The molecule has 3 rings (SSSR count). The molecule has 0 aliphatic carbocycles. The number of alkyl halides is 3. The minimum Gasteiger partial charge on any atom is -0.549 e. The Balaban J connectivity index is 2.18. The van der Waals surface area contributed by atoms with Gasteiger partial charge < -0.3 is 9.90 Å². The number of thioether (sulfide) groups is 1. The lowest BCUT2D eigenvalue weighted by Gasteiger charge is -2.20. The summed E-state index contributed by atoms with van der Waals surface area (Å²) < 4.78 is 41.7. The van der Waals surface area contributed by atoms with Crippen LogP contribution in [-0.2, 0) is 11.0 Å². The van der Waals surface area contributed by atoms with E-state index in [-0.39, 0.29) is 10.7 Å². The van der Waals surface area contributed by atoms with Gasteiger partial charge in [-0.05, 0) is 23.8 Å². The fraction of sp³-hybridized carbons (Fsp3) is 0.0952. The SMILES string of the molecule is N#Cc1c(C(F)(F)F)cc(-c2ccc(Br)cc2)nc1SC(C(=O)[O-])c1ccccc1. The largest absolute Gasteiger partial charge is 0.549 e. The number of carbonyl (C=O) groups excluding carboxylic acids is 1. The number of aliphatic carboxylic acids is 1. The van der Waals surface area contributed by atoms with Crippen LogP contribution >= 0.6 is 27.7 Å². The van der Waals surface area contributed by atoms with Crippen molar-refractivity contribution in [2.75, 3.05) is 0 Å². The third-order valence-electron chi connectivity index (χ3n) is 4.09. The smallest absolute Gasteiger partial charge is 0.417 e. The van der Waals surface area contributed by atoms with Crippen LogP contribution in [0.15, 0.2) is 70.2 Å². The summed E-state index contributed by atoms with van der Waals surface area (Å²) in [6.07, 6.45) is -4.82. The molecule has 0 aliphatic rings. The first-order chi connectivity index (χ1) is 14.2. The molecule has 1 atom stereocenters. The van der Waals surface area contributed by atoms with Gasteiger partial charge in [-0.2, -0.15) is 18.4 Å². The van der Waals surface area contributed by atoms with E-state index in [0.717, 1.165) is 10.5 Å². The topological polar surface area (TPSA) is 76.8 Å². The van der Waals surface area contributed by atoms with Gasteiger partial charge in [0.2, 0.25) is 0 Å². The van der Waals surface area contributed by atoms with Gasteiger partial charge in [0.15, 0.2) is 0 Å². The molecular formula is C21H11BrF3N2O2S-. The summed E-state index contributed by atoms with van der Waals surface area (Å²) in [7, 11) is 0. The molecular weight excluding hydrogens is 481 g/mol. The van der Waals surface area contributed by atoms with Crippen LogP contribution in [0.5, 0.6) is 0 Å².